The zero-order valence-electron chi connectivity index (χ0n) is 21.5. The lowest BCUT2D eigenvalue weighted by Crippen LogP contribution is -2.20. The number of hydroxylamine groups is 1. The van der Waals surface area contributed by atoms with E-state index in [4.69, 9.17) is 24.2 Å². The number of thiazole rings is 1. The van der Waals surface area contributed by atoms with Crippen LogP contribution in [0, 0.1) is 0 Å². The molecule has 0 saturated carbocycles. The molecule has 4 rings (SSSR count). The lowest BCUT2D eigenvalue weighted by Gasteiger charge is -2.13. The maximum absolute atomic E-state index is 13.1. The molecule has 0 aliphatic heterocycles. The summed E-state index contributed by atoms with van der Waals surface area (Å²) in [5, 5.41) is 11.0. The number of rotatable bonds is 11. The predicted octanol–water partition coefficient (Wildman–Crippen LogP) is 5.16. The van der Waals surface area contributed by atoms with Crippen LogP contribution in [-0.4, -0.2) is 43.2 Å². The fourth-order valence-electron chi connectivity index (χ4n) is 3.71. The van der Waals surface area contributed by atoms with Crippen LogP contribution < -0.4 is 24.4 Å². The van der Waals surface area contributed by atoms with Crippen LogP contribution in [0.4, 0.5) is 0 Å². The highest BCUT2D eigenvalue weighted by atomic mass is 32.1. The largest absolute Gasteiger partial charge is 0.493 e. The molecule has 10 heteroatoms. The third-order valence-corrected chi connectivity index (χ3v) is 6.59. The van der Waals surface area contributed by atoms with Crippen molar-refractivity contribution >= 4 is 29.1 Å². The third-order valence-electron chi connectivity index (χ3n) is 5.70. The van der Waals surface area contributed by atoms with Crippen LogP contribution in [0.2, 0.25) is 0 Å². The molecule has 0 aliphatic rings. The summed E-state index contributed by atoms with van der Waals surface area (Å²) in [6, 6.07) is 17.9. The van der Waals surface area contributed by atoms with Gasteiger partial charge in [-0.2, -0.15) is 0 Å². The van der Waals surface area contributed by atoms with Gasteiger partial charge in [0.25, 0.3) is 0 Å². The Labute approximate surface area is 229 Å². The van der Waals surface area contributed by atoms with E-state index in [1.165, 1.54) is 32.7 Å². The topological polar surface area (TPSA) is 116 Å². The molecule has 0 saturated heterocycles. The number of methoxy groups -OCH3 is 3. The number of amides is 1. The minimum absolute atomic E-state index is 0.100. The number of nitrogens with one attached hydrogen (secondary N) is 1. The first-order chi connectivity index (χ1) is 18.9. The molecule has 0 spiro atoms. The van der Waals surface area contributed by atoms with Crippen molar-refractivity contribution in [3.8, 4) is 33.6 Å². The minimum Gasteiger partial charge on any atom is -0.493 e. The van der Waals surface area contributed by atoms with Gasteiger partial charge in [-0.05, 0) is 53.6 Å². The number of nitrogens with zero attached hydrogens (tertiary/aromatic N) is 1. The molecule has 200 valence electrons. The average Bonchev–Trinajstić information content (AvgIpc) is 3.47. The quantitative estimate of drug-likeness (QED) is 0.115. The van der Waals surface area contributed by atoms with Crippen molar-refractivity contribution in [3.05, 3.63) is 94.7 Å². The number of ketones is 1. The van der Waals surface area contributed by atoms with E-state index in [9.17, 15) is 9.59 Å². The summed E-state index contributed by atoms with van der Waals surface area (Å²) in [6.07, 6.45) is 3.47. The average molecular weight is 547 g/mol. The summed E-state index contributed by atoms with van der Waals surface area (Å²) in [4.78, 5) is 28.9. The summed E-state index contributed by atoms with van der Waals surface area (Å²) in [5.41, 5.74) is 4.84. The Hall–Kier alpha value is -4.67. The van der Waals surface area contributed by atoms with E-state index in [1.807, 2.05) is 36.4 Å². The van der Waals surface area contributed by atoms with Crippen LogP contribution in [0.1, 0.15) is 27.2 Å². The number of benzene rings is 3. The Bertz CT molecular complexity index is 1450. The van der Waals surface area contributed by atoms with Gasteiger partial charge in [0.1, 0.15) is 16.5 Å². The molecule has 2 N–H and O–H groups in total. The van der Waals surface area contributed by atoms with Gasteiger partial charge in [-0.1, -0.05) is 24.3 Å². The van der Waals surface area contributed by atoms with E-state index in [2.05, 4.69) is 4.98 Å². The van der Waals surface area contributed by atoms with Crippen molar-refractivity contribution < 1.29 is 33.7 Å². The van der Waals surface area contributed by atoms with Gasteiger partial charge in [-0.3, -0.25) is 14.8 Å². The second-order valence-corrected chi connectivity index (χ2v) is 9.04. The van der Waals surface area contributed by atoms with Crippen molar-refractivity contribution in [2.75, 3.05) is 21.3 Å². The van der Waals surface area contributed by atoms with Gasteiger partial charge in [-0.25, -0.2) is 10.5 Å². The van der Waals surface area contributed by atoms with Crippen molar-refractivity contribution in [2.45, 2.75) is 6.42 Å². The number of hydrogen-bond donors (Lipinski definition) is 2. The molecule has 0 radical (unpaired) electrons. The molecule has 0 atom stereocenters. The smallest absolute Gasteiger partial charge is 0.247 e. The minimum atomic E-state index is -0.468. The van der Waals surface area contributed by atoms with E-state index >= 15 is 0 Å². The second kappa shape index (κ2) is 12.7. The molecule has 0 fully saturated rings. The number of hydrogen-bond acceptors (Lipinski definition) is 9. The molecule has 39 heavy (non-hydrogen) atoms. The zero-order chi connectivity index (χ0) is 27.8. The van der Waals surface area contributed by atoms with Gasteiger partial charge < -0.3 is 18.9 Å². The molecule has 1 amide bonds. The van der Waals surface area contributed by atoms with Crippen LogP contribution in [0.3, 0.4) is 0 Å². The Morgan fingerprint density at radius 3 is 2.21 bits per heavy atom. The van der Waals surface area contributed by atoms with Crippen LogP contribution in [-0.2, 0) is 11.2 Å². The Morgan fingerprint density at radius 1 is 0.949 bits per heavy atom. The monoisotopic (exact) mass is 546 g/mol. The second-order valence-electron chi connectivity index (χ2n) is 8.18. The third kappa shape index (κ3) is 6.61. The summed E-state index contributed by atoms with van der Waals surface area (Å²) in [7, 11) is 4.50. The number of ether oxygens (including phenoxy) is 4. The van der Waals surface area contributed by atoms with Gasteiger partial charge in [0.2, 0.25) is 17.4 Å². The van der Waals surface area contributed by atoms with Crippen LogP contribution in [0.25, 0.3) is 16.6 Å². The standard InChI is InChI=1S/C29H26N2O7S/c1-35-24-15-21(16-25(36-2)28(24)37-3)27(33)23-17-39-29(30-23)20-8-10-22(11-9-20)38-13-12-18-4-6-19(7-5-18)14-26(32)31-34/h4-13,15-17,34H,14H2,1-3H3,(H,31,32)/b13-12+. The van der Waals surface area contributed by atoms with Crippen molar-refractivity contribution in [3.63, 3.8) is 0 Å². The lowest BCUT2D eigenvalue weighted by molar-refractivity contribution is -0.128. The fourth-order valence-corrected chi connectivity index (χ4v) is 4.52. The zero-order valence-corrected chi connectivity index (χ0v) is 22.3. The maximum Gasteiger partial charge on any atom is 0.247 e. The van der Waals surface area contributed by atoms with Gasteiger partial charge in [0.15, 0.2) is 11.5 Å². The Morgan fingerprint density at radius 2 is 1.62 bits per heavy atom. The SMILES string of the molecule is COc1cc(C(=O)c2csc(-c3ccc(O/C=C/c4ccc(CC(=O)NO)cc4)cc3)n2)cc(OC)c1OC. The van der Waals surface area contributed by atoms with Crippen molar-refractivity contribution in [1.82, 2.24) is 10.5 Å². The maximum atomic E-state index is 13.1. The molecule has 0 bridgehead atoms. The van der Waals surface area contributed by atoms with Gasteiger partial charge >= 0.3 is 0 Å². The molecular weight excluding hydrogens is 520 g/mol. The predicted molar refractivity (Wildman–Crippen MR) is 147 cm³/mol. The number of aromatic nitrogens is 1. The highest BCUT2D eigenvalue weighted by Gasteiger charge is 2.20. The molecule has 1 aromatic heterocycles. The van der Waals surface area contributed by atoms with Gasteiger partial charge in [0, 0.05) is 16.5 Å². The Balaban J connectivity index is 1.41. The van der Waals surface area contributed by atoms with Gasteiger partial charge in [-0.15, -0.1) is 11.3 Å². The summed E-state index contributed by atoms with van der Waals surface area (Å²) in [5.74, 6) is 1.11. The van der Waals surface area contributed by atoms with E-state index in [0.29, 0.717) is 39.3 Å². The highest BCUT2D eigenvalue weighted by molar-refractivity contribution is 7.13. The first-order valence-corrected chi connectivity index (χ1v) is 12.6. The summed E-state index contributed by atoms with van der Waals surface area (Å²) < 4.78 is 21.7. The molecule has 0 unspecified atom stereocenters. The summed E-state index contributed by atoms with van der Waals surface area (Å²) >= 11 is 1.37. The highest BCUT2D eigenvalue weighted by Crippen LogP contribution is 2.39. The first kappa shape index (κ1) is 27.4. The van der Waals surface area contributed by atoms with Gasteiger partial charge in [0.05, 0.1) is 34.0 Å². The van der Waals surface area contributed by atoms with E-state index in [-0.39, 0.29) is 12.2 Å². The summed E-state index contributed by atoms with van der Waals surface area (Å²) in [6.45, 7) is 0. The molecule has 4 aromatic rings. The number of carbonyl (C=O) groups is 2. The van der Waals surface area contributed by atoms with E-state index < -0.39 is 5.91 Å². The van der Waals surface area contributed by atoms with Crippen molar-refractivity contribution in [2.24, 2.45) is 0 Å². The Kier molecular flexibility index (Phi) is 8.93. The van der Waals surface area contributed by atoms with Crippen molar-refractivity contribution in [1.29, 1.82) is 0 Å². The normalized spacial score (nSPS) is 10.8. The molecule has 3 aromatic carbocycles. The molecule has 1 heterocycles. The van der Waals surface area contributed by atoms with E-state index in [1.54, 1.807) is 47.5 Å². The lowest BCUT2D eigenvalue weighted by atomic mass is 10.1. The number of carbonyl (C=O) groups excluding carboxylic acids is 2. The molecular formula is C29H26N2O7S. The molecule has 0 aliphatic carbocycles. The fraction of sp³-hybridized carbons (Fsp3) is 0.138. The van der Waals surface area contributed by atoms with Crippen LogP contribution >= 0.6 is 11.3 Å². The molecule has 9 nitrogen and oxygen atoms in total. The first-order valence-electron chi connectivity index (χ1n) is 11.7. The van der Waals surface area contributed by atoms with Crippen LogP contribution in [0.5, 0.6) is 23.0 Å². The van der Waals surface area contributed by atoms with Crippen LogP contribution in [0.15, 0.2) is 72.3 Å². The van der Waals surface area contributed by atoms with E-state index in [0.717, 1.165) is 16.7 Å².